The Labute approximate surface area is 107 Å². The molecule has 1 fully saturated rings. The number of hydrogen-bond donors (Lipinski definition) is 2. The van der Waals surface area contributed by atoms with Crippen LogP contribution in [-0.4, -0.2) is 22.6 Å². The molecule has 2 rings (SSSR count). The van der Waals surface area contributed by atoms with Crippen molar-refractivity contribution in [2.24, 2.45) is 5.92 Å². The molecule has 1 aromatic heterocycles. The minimum absolute atomic E-state index is 0.302. The van der Waals surface area contributed by atoms with Gasteiger partial charge >= 0.3 is 0 Å². The topological polar surface area (TPSA) is 49.8 Å². The second-order valence-electron chi connectivity index (χ2n) is 4.85. The molecular formula is C13H21FN4. The van der Waals surface area contributed by atoms with Gasteiger partial charge < -0.3 is 10.6 Å². The molecule has 0 saturated heterocycles. The molecule has 1 unspecified atom stereocenters. The maximum Gasteiger partial charge on any atom is 0.224 e. The van der Waals surface area contributed by atoms with Gasteiger partial charge in [0.05, 0.1) is 6.20 Å². The Kier molecular flexibility index (Phi) is 4.33. The summed E-state index contributed by atoms with van der Waals surface area (Å²) in [5, 5.41) is 6.19. The predicted octanol–water partition coefficient (Wildman–Crippen LogP) is 3.04. The minimum Gasteiger partial charge on any atom is -0.365 e. The lowest BCUT2D eigenvalue weighted by Crippen LogP contribution is -2.21. The third-order valence-corrected chi connectivity index (χ3v) is 3.23. The summed E-state index contributed by atoms with van der Waals surface area (Å²) in [5.41, 5.74) is 0. The summed E-state index contributed by atoms with van der Waals surface area (Å²) in [6.45, 7) is 4.80. The number of nitrogens with one attached hydrogen (secondary N) is 2. The third-order valence-electron chi connectivity index (χ3n) is 3.23. The highest BCUT2D eigenvalue weighted by atomic mass is 19.1. The highest BCUT2D eigenvalue weighted by Gasteiger charge is 2.25. The maximum atomic E-state index is 13.6. The van der Waals surface area contributed by atoms with Gasteiger partial charge in [-0.2, -0.15) is 4.98 Å². The lowest BCUT2D eigenvalue weighted by atomic mass is 10.1. The summed E-state index contributed by atoms with van der Waals surface area (Å²) < 4.78 is 13.6. The molecule has 0 aromatic carbocycles. The lowest BCUT2D eigenvalue weighted by molar-refractivity contribution is 0.569. The van der Waals surface area contributed by atoms with Crippen molar-refractivity contribution in [3.63, 3.8) is 0 Å². The van der Waals surface area contributed by atoms with E-state index >= 15 is 0 Å². The van der Waals surface area contributed by atoms with Crippen LogP contribution in [0.3, 0.4) is 0 Å². The summed E-state index contributed by atoms with van der Waals surface area (Å²) in [6, 6.07) is 0.302. The monoisotopic (exact) mass is 252 g/mol. The Morgan fingerprint density at radius 2 is 2.22 bits per heavy atom. The first-order valence-electron chi connectivity index (χ1n) is 6.75. The number of nitrogens with zero attached hydrogens (tertiary/aromatic N) is 2. The van der Waals surface area contributed by atoms with Crippen molar-refractivity contribution in [2.45, 2.75) is 45.6 Å². The number of hydrogen-bond acceptors (Lipinski definition) is 4. The number of anilines is 2. The average molecular weight is 252 g/mol. The van der Waals surface area contributed by atoms with Crippen LogP contribution in [0.1, 0.15) is 39.5 Å². The molecule has 1 aliphatic rings. The van der Waals surface area contributed by atoms with Gasteiger partial charge in [-0.05, 0) is 25.7 Å². The fourth-order valence-corrected chi connectivity index (χ4v) is 1.99. The van der Waals surface area contributed by atoms with Gasteiger partial charge in [0.15, 0.2) is 11.6 Å². The van der Waals surface area contributed by atoms with Crippen molar-refractivity contribution in [3.8, 4) is 0 Å². The molecule has 100 valence electrons. The number of halogens is 1. The van der Waals surface area contributed by atoms with Crippen molar-refractivity contribution in [1.82, 2.24) is 9.97 Å². The molecule has 0 amide bonds. The molecule has 1 heterocycles. The Morgan fingerprint density at radius 3 is 2.83 bits per heavy atom. The Morgan fingerprint density at radius 1 is 1.44 bits per heavy atom. The Hall–Kier alpha value is -1.39. The molecule has 2 N–H and O–H groups in total. The summed E-state index contributed by atoms with van der Waals surface area (Å²) >= 11 is 0. The molecule has 0 radical (unpaired) electrons. The highest BCUT2D eigenvalue weighted by molar-refractivity contribution is 5.41. The summed E-state index contributed by atoms with van der Waals surface area (Å²) in [6.07, 6.45) is 5.93. The maximum absolute atomic E-state index is 13.6. The molecular weight excluding hydrogens is 231 g/mol. The fraction of sp³-hybridized carbons (Fsp3) is 0.692. The van der Waals surface area contributed by atoms with Gasteiger partial charge in [-0.3, -0.25) is 0 Å². The second-order valence-corrected chi connectivity index (χ2v) is 4.85. The Bertz CT molecular complexity index is 393. The first-order valence-corrected chi connectivity index (χ1v) is 6.75. The first kappa shape index (κ1) is 13.1. The van der Waals surface area contributed by atoms with E-state index in [1.807, 2.05) is 6.92 Å². The van der Waals surface area contributed by atoms with Crippen LogP contribution in [0.25, 0.3) is 0 Å². The normalized spacial score (nSPS) is 16.4. The van der Waals surface area contributed by atoms with Gasteiger partial charge in [0.2, 0.25) is 5.95 Å². The molecule has 4 nitrogen and oxygen atoms in total. The minimum atomic E-state index is -0.383. The van der Waals surface area contributed by atoms with Gasteiger partial charge in [0.1, 0.15) is 0 Å². The van der Waals surface area contributed by atoms with Crippen LogP contribution in [0.15, 0.2) is 6.20 Å². The summed E-state index contributed by atoms with van der Waals surface area (Å²) in [5.74, 6) is 1.22. The Balaban J connectivity index is 2.02. The zero-order valence-corrected chi connectivity index (χ0v) is 11.0. The quantitative estimate of drug-likeness (QED) is 0.783. The van der Waals surface area contributed by atoms with Gasteiger partial charge in [-0.1, -0.05) is 19.8 Å². The zero-order valence-electron chi connectivity index (χ0n) is 11.0. The fourth-order valence-electron chi connectivity index (χ4n) is 1.99. The van der Waals surface area contributed by atoms with Crippen molar-refractivity contribution in [2.75, 3.05) is 17.2 Å². The smallest absolute Gasteiger partial charge is 0.224 e. The average Bonchev–Trinajstić information content (AvgIpc) is 3.16. The largest absolute Gasteiger partial charge is 0.365 e. The van der Waals surface area contributed by atoms with E-state index in [0.717, 1.165) is 25.3 Å². The third kappa shape index (κ3) is 3.55. The molecule has 1 aliphatic carbocycles. The van der Waals surface area contributed by atoms with E-state index in [-0.39, 0.29) is 5.82 Å². The first-order chi connectivity index (χ1) is 8.72. The van der Waals surface area contributed by atoms with Crippen LogP contribution in [0.4, 0.5) is 16.2 Å². The van der Waals surface area contributed by atoms with E-state index in [4.69, 9.17) is 0 Å². The van der Waals surface area contributed by atoms with E-state index in [9.17, 15) is 4.39 Å². The standard InChI is InChI=1S/C13H21FN4/c1-3-10(7-9-5-6-9)17-12-11(14)8-16-13(18-12)15-4-2/h8-10H,3-7H2,1-2H3,(H2,15,16,17,18). The van der Waals surface area contributed by atoms with E-state index in [2.05, 4.69) is 27.5 Å². The molecule has 0 aliphatic heterocycles. The second kappa shape index (κ2) is 5.98. The van der Waals surface area contributed by atoms with Crippen LogP contribution in [0.2, 0.25) is 0 Å². The van der Waals surface area contributed by atoms with Crippen molar-refractivity contribution >= 4 is 11.8 Å². The van der Waals surface area contributed by atoms with Crippen molar-refractivity contribution in [1.29, 1.82) is 0 Å². The van der Waals surface area contributed by atoms with Crippen LogP contribution in [0.5, 0.6) is 0 Å². The van der Waals surface area contributed by atoms with Crippen LogP contribution in [0, 0.1) is 11.7 Å². The number of rotatable bonds is 7. The van der Waals surface area contributed by atoms with Gasteiger partial charge in [0.25, 0.3) is 0 Å². The van der Waals surface area contributed by atoms with E-state index in [0.29, 0.717) is 17.8 Å². The van der Waals surface area contributed by atoms with E-state index in [1.165, 1.54) is 19.0 Å². The number of aromatic nitrogens is 2. The van der Waals surface area contributed by atoms with E-state index < -0.39 is 0 Å². The van der Waals surface area contributed by atoms with Crippen molar-refractivity contribution in [3.05, 3.63) is 12.0 Å². The van der Waals surface area contributed by atoms with E-state index in [1.54, 1.807) is 0 Å². The van der Waals surface area contributed by atoms with Gasteiger partial charge in [0, 0.05) is 12.6 Å². The predicted molar refractivity (Wildman–Crippen MR) is 71.2 cm³/mol. The molecule has 1 saturated carbocycles. The molecule has 5 heteroatoms. The molecule has 0 bridgehead atoms. The lowest BCUT2D eigenvalue weighted by Gasteiger charge is -2.18. The molecule has 18 heavy (non-hydrogen) atoms. The van der Waals surface area contributed by atoms with Gasteiger partial charge in [-0.25, -0.2) is 9.37 Å². The SMILES string of the molecule is CCNc1ncc(F)c(NC(CC)CC2CC2)n1. The molecule has 0 spiro atoms. The van der Waals surface area contributed by atoms with Crippen molar-refractivity contribution < 1.29 is 4.39 Å². The van der Waals surface area contributed by atoms with Crippen LogP contribution >= 0.6 is 0 Å². The summed E-state index contributed by atoms with van der Waals surface area (Å²) in [4.78, 5) is 8.07. The van der Waals surface area contributed by atoms with Gasteiger partial charge in [-0.15, -0.1) is 0 Å². The van der Waals surface area contributed by atoms with Crippen LogP contribution < -0.4 is 10.6 Å². The molecule has 1 aromatic rings. The summed E-state index contributed by atoms with van der Waals surface area (Å²) in [7, 11) is 0. The molecule has 1 atom stereocenters. The highest BCUT2D eigenvalue weighted by Crippen LogP contribution is 2.34. The van der Waals surface area contributed by atoms with Crippen LogP contribution in [-0.2, 0) is 0 Å². The zero-order chi connectivity index (χ0) is 13.0.